The zero-order chi connectivity index (χ0) is 17.2. The molecule has 0 spiro atoms. The third kappa shape index (κ3) is 4.18. The Balaban J connectivity index is 2.20. The molecule has 1 N–H and O–H groups in total. The van der Waals surface area contributed by atoms with Crippen LogP contribution in [0.25, 0.3) is 0 Å². The molecule has 0 aliphatic carbocycles. The number of halogens is 5. The second kappa shape index (κ2) is 6.81. The van der Waals surface area contributed by atoms with Gasteiger partial charge in [0, 0.05) is 0 Å². The van der Waals surface area contributed by atoms with Crippen molar-refractivity contribution in [3.63, 3.8) is 0 Å². The molecule has 0 radical (unpaired) electrons. The van der Waals surface area contributed by atoms with E-state index >= 15 is 0 Å². The van der Waals surface area contributed by atoms with Crippen molar-refractivity contribution in [1.29, 1.82) is 0 Å². The summed E-state index contributed by atoms with van der Waals surface area (Å²) in [6.07, 6.45) is -4.43. The van der Waals surface area contributed by atoms with Gasteiger partial charge in [-0.25, -0.2) is 0 Å². The molecule has 0 saturated heterocycles. The van der Waals surface area contributed by atoms with Gasteiger partial charge in [0.25, 0.3) is 5.91 Å². The smallest absolute Gasteiger partial charge is 0.345 e. The molecule has 2 aromatic carbocycles. The van der Waals surface area contributed by atoms with Crippen LogP contribution in [0, 0.1) is 0 Å². The first kappa shape index (κ1) is 17.6. The molecule has 1 unspecified atom stereocenters. The highest BCUT2D eigenvalue weighted by Crippen LogP contribution is 2.31. The molecule has 0 aromatic heterocycles. The Labute approximate surface area is 141 Å². The predicted octanol–water partition coefficient (Wildman–Crippen LogP) is 5.50. The molecule has 2 nitrogen and oxygen atoms in total. The van der Waals surface area contributed by atoms with Gasteiger partial charge in [0.1, 0.15) is 0 Å². The first-order chi connectivity index (χ1) is 10.7. The second-order valence-electron chi connectivity index (χ2n) is 4.92. The maximum absolute atomic E-state index is 12.7. The SMILES string of the molecule is CC(NC(=O)c1cccc(Cl)c1Cl)c1cccc(C(F)(F)F)c1. The predicted molar refractivity (Wildman–Crippen MR) is 83.8 cm³/mol. The lowest BCUT2D eigenvalue weighted by Gasteiger charge is -2.17. The van der Waals surface area contributed by atoms with Crippen LogP contribution in [0.4, 0.5) is 13.2 Å². The molecular formula is C16H12Cl2F3NO. The lowest BCUT2D eigenvalue weighted by atomic mass is 10.0. The molecule has 1 amide bonds. The summed E-state index contributed by atoms with van der Waals surface area (Å²) in [5, 5.41) is 2.94. The molecule has 2 rings (SSSR count). The van der Waals surface area contributed by atoms with E-state index in [0.717, 1.165) is 12.1 Å². The summed E-state index contributed by atoms with van der Waals surface area (Å²) < 4.78 is 38.2. The molecule has 0 saturated carbocycles. The van der Waals surface area contributed by atoms with E-state index in [2.05, 4.69) is 5.32 Å². The van der Waals surface area contributed by atoms with Crippen molar-refractivity contribution in [2.75, 3.05) is 0 Å². The van der Waals surface area contributed by atoms with Crippen LogP contribution < -0.4 is 5.32 Å². The Kier molecular flexibility index (Phi) is 5.22. The van der Waals surface area contributed by atoms with Crippen LogP contribution in [0.3, 0.4) is 0 Å². The molecular weight excluding hydrogens is 350 g/mol. The molecule has 2 aromatic rings. The molecule has 1 atom stereocenters. The number of carbonyl (C=O) groups excluding carboxylic acids is 1. The number of hydrogen-bond donors (Lipinski definition) is 1. The number of hydrogen-bond acceptors (Lipinski definition) is 1. The average molecular weight is 362 g/mol. The van der Waals surface area contributed by atoms with Crippen LogP contribution in [-0.4, -0.2) is 5.91 Å². The fourth-order valence-electron chi connectivity index (χ4n) is 2.02. The zero-order valence-electron chi connectivity index (χ0n) is 11.9. The van der Waals surface area contributed by atoms with Crippen LogP contribution in [0.1, 0.15) is 34.5 Å². The minimum atomic E-state index is -4.43. The molecule has 0 aliphatic rings. The third-order valence-electron chi connectivity index (χ3n) is 3.26. The van der Waals surface area contributed by atoms with E-state index in [-0.39, 0.29) is 15.6 Å². The minimum Gasteiger partial charge on any atom is -0.345 e. The van der Waals surface area contributed by atoms with Gasteiger partial charge in [-0.05, 0) is 36.8 Å². The van der Waals surface area contributed by atoms with E-state index in [4.69, 9.17) is 23.2 Å². The molecule has 0 heterocycles. The summed E-state index contributed by atoms with van der Waals surface area (Å²) in [7, 11) is 0. The van der Waals surface area contributed by atoms with Crippen LogP contribution in [0.15, 0.2) is 42.5 Å². The van der Waals surface area contributed by atoms with Gasteiger partial charge >= 0.3 is 6.18 Å². The molecule has 0 bridgehead atoms. The number of nitrogens with one attached hydrogen (secondary N) is 1. The summed E-state index contributed by atoms with van der Waals surface area (Å²) in [6.45, 7) is 1.59. The van der Waals surface area contributed by atoms with Crippen LogP contribution in [0.5, 0.6) is 0 Å². The van der Waals surface area contributed by atoms with Gasteiger partial charge in [0.05, 0.1) is 27.2 Å². The Bertz CT molecular complexity index is 732. The second-order valence-corrected chi connectivity index (χ2v) is 5.70. The van der Waals surface area contributed by atoms with Gasteiger partial charge < -0.3 is 5.32 Å². The van der Waals surface area contributed by atoms with E-state index in [1.807, 2.05) is 0 Å². The Morgan fingerprint density at radius 2 is 1.78 bits per heavy atom. The largest absolute Gasteiger partial charge is 0.416 e. The molecule has 7 heteroatoms. The maximum atomic E-state index is 12.7. The van der Waals surface area contributed by atoms with Gasteiger partial charge in [-0.2, -0.15) is 13.2 Å². The van der Waals surface area contributed by atoms with Crippen molar-refractivity contribution in [2.24, 2.45) is 0 Å². The average Bonchev–Trinajstić information content (AvgIpc) is 2.49. The van der Waals surface area contributed by atoms with Gasteiger partial charge in [-0.3, -0.25) is 4.79 Å². The first-order valence-corrected chi connectivity index (χ1v) is 7.38. The third-order valence-corrected chi connectivity index (χ3v) is 4.08. The minimum absolute atomic E-state index is 0.0999. The molecule has 0 fully saturated rings. The van der Waals surface area contributed by atoms with Crippen LogP contribution in [0.2, 0.25) is 10.0 Å². The standard InChI is InChI=1S/C16H12Cl2F3NO/c1-9(10-4-2-5-11(8-10)16(19,20)21)22-15(23)12-6-3-7-13(17)14(12)18/h2-9H,1H3,(H,22,23). The normalized spacial score (nSPS) is 12.8. The number of benzene rings is 2. The number of rotatable bonds is 3. The number of carbonyl (C=O) groups is 1. The zero-order valence-corrected chi connectivity index (χ0v) is 13.4. The van der Waals surface area contributed by atoms with Gasteiger partial charge in [0.2, 0.25) is 0 Å². The number of alkyl halides is 3. The summed E-state index contributed by atoms with van der Waals surface area (Å²) in [6, 6.07) is 8.76. The summed E-state index contributed by atoms with van der Waals surface area (Å²) in [5.74, 6) is -0.512. The molecule has 122 valence electrons. The van der Waals surface area contributed by atoms with E-state index in [0.29, 0.717) is 5.56 Å². The fraction of sp³-hybridized carbons (Fsp3) is 0.188. The quantitative estimate of drug-likeness (QED) is 0.767. The maximum Gasteiger partial charge on any atom is 0.416 e. The van der Waals surface area contributed by atoms with Gasteiger partial charge in [-0.15, -0.1) is 0 Å². The highest BCUT2D eigenvalue weighted by Gasteiger charge is 2.30. The van der Waals surface area contributed by atoms with Crippen molar-refractivity contribution >= 4 is 29.1 Å². The molecule has 0 aliphatic heterocycles. The molecule has 23 heavy (non-hydrogen) atoms. The Hall–Kier alpha value is -1.72. The van der Waals surface area contributed by atoms with Crippen LogP contribution in [-0.2, 0) is 6.18 Å². The van der Waals surface area contributed by atoms with E-state index < -0.39 is 23.7 Å². The fourth-order valence-corrected chi connectivity index (χ4v) is 2.41. The van der Waals surface area contributed by atoms with Crippen molar-refractivity contribution in [3.05, 3.63) is 69.2 Å². The first-order valence-electron chi connectivity index (χ1n) is 6.62. The lowest BCUT2D eigenvalue weighted by molar-refractivity contribution is -0.137. The highest BCUT2D eigenvalue weighted by atomic mass is 35.5. The van der Waals surface area contributed by atoms with E-state index in [1.54, 1.807) is 13.0 Å². The van der Waals surface area contributed by atoms with Gasteiger partial charge in [0.15, 0.2) is 0 Å². The topological polar surface area (TPSA) is 29.1 Å². The van der Waals surface area contributed by atoms with Crippen molar-refractivity contribution in [3.8, 4) is 0 Å². The van der Waals surface area contributed by atoms with Gasteiger partial charge in [-0.1, -0.05) is 41.4 Å². The van der Waals surface area contributed by atoms with E-state index in [1.165, 1.54) is 24.3 Å². The Morgan fingerprint density at radius 1 is 1.13 bits per heavy atom. The summed E-state index contributed by atoms with van der Waals surface area (Å²) in [4.78, 5) is 12.2. The van der Waals surface area contributed by atoms with Crippen LogP contribution >= 0.6 is 23.2 Å². The summed E-state index contributed by atoms with van der Waals surface area (Å²) >= 11 is 11.8. The summed E-state index contributed by atoms with van der Waals surface area (Å²) in [5.41, 5.74) is -0.263. The van der Waals surface area contributed by atoms with Crippen molar-refractivity contribution < 1.29 is 18.0 Å². The van der Waals surface area contributed by atoms with E-state index in [9.17, 15) is 18.0 Å². The Morgan fingerprint density at radius 3 is 2.43 bits per heavy atom. The highest BCUT2D eigenvalue weighted by molar-refractivity contribution is 6.43. The van der Waals surface area contributed by atoms with Crippen molar-refractivity contribution in [1.82, 2.24) is 5.32 Å². The monoisotopic (exact) mass is 361 g/mol. The number of amides is 1. The van der Waals surface area contributed by atoms with Crippen molar-refractivity contribution in [2.45, 2.75) is 19.1 Å². The lowest BCUT2D eigenvalue weighted by Crippen LogP contribution is -2.27.